The molecule has 9 nitrogen and oxygen atoms in total. The Morgan fingerprint density at radius 3 is 2.64 bits per heavy atom. The lowest BCUT2D eigenvalue weighted by atomic mass is 10.2. The molecule has 0 unspecified atom stereocenters. The Morgan fingerprint density at radius 2 is 1.94 bits per heavy atom. The van der Waals surface area contributed by atoms with Gasteiger partial charge in [-0.25, -0.2) is 5.43 Å². The number of nitro benzene ring substituents is 1. The SMILES string of the molecule is COc1cc(/C=N\NC(=O)c2cc3cc(Br)cc(Br)c3o2)cc(Cl)c1OCc1ccc([N+](=O)[O-])cc1. The highest BCUT2D eigenvalue weighted by Gasteiger charge is 2.15. The molecular formula is C24H16Br2ClN3O6. The summed E-state index contributed by atoms with van der Waals surface area (Å²) < 4.78 is 18.4. The molecule has 36 heavy (non-hydrogen) atoms. The van der Waals surface area contributed by atoms with Gasteiger partial charge in [-0.1, -0.05) is 27.5 Å². The molecule has 0 aliphatic rings. The van der Waals surface area contributed by atoms with E-state index in [9.17, 15) is 14.9 Å². The van der Waals surface area contributed by atoms with Gasteiger partial charge in [0.15, 0.2) is 17.3 Å². The lowest BCUT2D eigenvalue weighted by Gasteiger charge is -2.13. The molecule has 0 saturated carbocycles. The second-order valence-corrected chi connectivity index (χ2v) is 9.54. The number of carbonyl (C=O) groups excluding carboxylic acids is 1. The van der Waals surface area contributed by atoms with Crippen LogP contribution in [0.5, 0.6) is 11.5 Å². The molecule has 0 bridgehead atoms. The van der Waals surface area contributed by atoms with Crippen molar-refractivity contribution < 1.29 is 23.6 Å². The molecule has 0 saturated heterocycles. The van der Waals surface area contributed by atoms with Crippen molar-refractivity contribution in [2.24, 2.45) is 5.10 Å². The van der Waals surface area contributed by atoms with Crippen molar-refractivity contribution in [3.05, 3.63) is 95.6 Å². The number of non-ortho nitro benzene ring substituents is 1. The second-order valence-electron chi connectivity index (χ2n) is 7.36. The fraction of sp³-hybridized carbons (Fsp3) is 0.0833. The number of halogens is 3. The minimum atomic E-state index is -0.522. The Morgan fingerprint density at radius 1 is 1.19 bits per heavy atom. The maximum absolute atomic E-state index is 12.5. The van der Waals surface area contributed by atoms with Gasteiger partial charge in [0.25, 0.3) is 5.69 Å². The third-order valence-electron chi connectivity index (χ3n) is 4.92. The van der Waals surface area contributed by atoms with Crippen LogP contribution in [-0.2, 0) is 6.61 Å². The third-order valence-corrected chi connectivity index (χ3v) is 6.25. The largest absolute Gasteiger partial charge is 0.493 e. The average Bonchev–Trinajstić information content (AvgIpc) is 3.28. The number of furan rings is 1. The highest BCUT2D eigenvalue weighted by Crippen LogP contribution is 2.37. The summed E-state index contributed by atoms with van der Waals surface area (Å²) in [5.74, 6) is 0.237. The van der Waals surface area contributed by atoms with Crippen LogP contribution in [0.2, 0.25) is 5.02 Å². The molecule has 4 aromatic rings. The Labute approximate surface area is 226 Å². The normalized spacial score (nSPS) is 11.1. The number of hydrogen-bond acceptors (Lipinski definition) is 7. The number of nitrogens with one attached hydrogen (secondary N) is 1. The van der Waals surface area contributed by atoms with Gasteiger partial charge in [0.1, 0.15) is 12.2 Å². The molecule has 1 aromatic heterocycles. The molecule has 0 aliphatic carbocycles. The summed E-state index contributed by atoms with van der Waals surface area (Å²) in [5.41, 5.74) is 4.23. The lowest BCUT2D eigenvalue weighted by Crippen LogP contribution is -2.16. The molecule has 12 heteroatoms. The molecule has 0 spiro atoms. The van der Waals surface area contributed by atoms with E-state index in [-0.39, 0.29) is 23.1 Å². The fourth-order valence-corrected chi connectivity index (χ4v) is 4.84. The molecular weight excluding hydrogens is 622 g/mol. The number of carbonyl (C=O) groups is 1. The summed E-state index contributed by atoms with van der Waals surface area (Å²) in [6.45, 7) is 0.127. The Bertz CT molecular complexity index is 1490. The number of methoxy groups -OCH3 is 1. The van der Waals surface area contributed by atoms with Crippen molar-refractivity contribution in [1.82, 2.24) is 5.43 Å². The first kappa shape index (κ1) is 25.7. The van der Waals surface area contributed by atoms with Gasteiger partial charge in [0.05, 0.1) is 27.7 Å². The molecule has 0 fully saturated rings. The minimum absolute atomic E-state index is 0.00800. The van der Waals surface area contributed by atoms with Crippen molar-refractivity contribution in [2.45, 2.75) is 6.61 Å². The van der Waals surface area contributed by atoms with Crippen molar-refractivity contribution in [3.63, 3.8) is 0 Å². The van der Waals surface area contributed by atoms with Crippen LogP contribution in [0.25, 0.3) is 11.0 Å². The molecule has 1 amide bonds. The number of benzene rings is 3. The number of hydrogen-bond donors (Lipinski definition) is 1. The predicted octanol–water partition coefficient (Wildman–Crippen LogP) is 6.87. The topological polar surface area (TPSA) is 116 Å². The zero-order chi connectivity index (χ0) is 25.8. The van der Waals surface area contributed by atoms with Crippen LogP contribution >= 0.6 is 43.5 Å². The van der Waals surface area contributed by atoms with Gasteiger partial charge in [-0.2, -0.15) is 5.10 Å². The van der Waals surface area contributed by atoms with Gasteiger partial charge in [0, 0.05) is 22.0 Å². The van der Waals surface area contributed by atoms with E-state index in [0.29, 0.717) is 27.1 Å². The maximum atomic E-state index is 12.5. The number of nitro groups is 1. The first-order valence-electron chi connectivity index (χ1n) is 10.2. The van der Waals surface area contributed by atoms with Crippen LogP contribution < -0.4 is 14.9 Å². The second kappa shape index (κ2) is 11.1. The Kier molecular flexibility index (Phi) is 7.92. The predicted molar refractivity (Wildman–Crippen MR) is 142 cm³/mol. The summed E-state index contributed by atoms with van der Waals surface area (Å²) in [6.07, 6.45) is 1.40. The highest BCUT2D eigenvalue weighted by molar-refractivity contribution is 9.11. The first-order valence-corrected chi connectivity index (χ1v) is 12.2. The molecule has 1 heterocycles. The molecule has 184 valence electrons. The highest BCUT2D eigenvalue weighted by atomic mass is 79.9. The van der Waals surface area contributed by atoms with E-state index in [1.807, 2.05) is 12.1 Å². The van der Waals surface area contributed by atoms with Crippen LogP contribution in [0.1, 0.15) is 21.7 Å². The number of ether oxygens (including phenoxy) is 2. The number of amides is 1. The van der Waals surface area contributed by atoms with E-state index in [1.165, 1.54) is 25.5 Å². The Hall–Kier alpha value is -3.41. The van der Waals surface area contributed by atoms with E-state index in [1.54, 1.807) is 30.3 Å². The van der Waals surface area contributed by atoms with E-state index in [2.05, 4.69) is 42.4 Å². The maximum Gasteiger partial charge on any atom is 0.307 e. The van der Waals surface area contributed by atoms with Gasteiger partial charge in [-0.15, -0.1) is 0 Å². The number of fused-ring (bicyclic) bond motifs is 1. The van der Waals surface area contributed by atoms with Gasteiger partial charge < -0.3 is 13.9 Å². The van der Waals surface area contributed by atoms with E-state index < -0.39 is 10.8 Å². The van der Waals surface area contributed by atoms with Gasteiger partial charge in [-0.3, -0.25) is 14.9 Å². The standard InChI is InChI=1S/C24H16Br2ClN3O6/c1-34-20-7-14(6-19(27)23(20)35-12-13-2-4-17(5-3-13)30(32)33)11-28-29-24(31)21-9-15-8-16(25)10-18(26)22(15)36-21/h2-11H,12H2,1H3,(H,29,31)/b28-11-. The summed E-state index contributed by atoms with van der Waals surface area (Å²) in [5, 5.41) is 15.8. The zero-order valence-electron chi connectivity index (χ0n) is 18.5. The van der Waals surface area contributed by atoms with Crippen molar-refractivity contribution in [1.29, 1.82) is 0 Å². The van der Waals surface area contributed by atoms with E-state index in [4.69, 9.17) is 25.5 Å². The summed E-state index contributed by atoms with van der Waals surface area (Å²) in [4.78, 5) is 22.8. The molecule has 1 N–H and O–H groups in total. The van der Waals surface area contributed by atoms with E-state index in [0.717, 1.165) is 15.4 Å². The molecule has 3 aromatic carbocycles. The van der Waals surface area contributed by atoms with Crippen LogP contribution in [0.4, 0.5) is 5.69 Å². The molecule has 4 rings (SSSR count). The van der Waals surface area contributed by atoms with Crippen molar-refractivity contribution in [3.8, 4) is 11.5 Å². The first-order chi connectivity index (χ1) is 17.2. The molecule has 0 aliphatic heterocycles. The van der Waals surface area contributed by atoms with Gasteiger partial charge in [-0.05, 0) is 69.5 Å². The minimum Gasteiger partial charge on any atom is -0.493 e. The van der Waals surface area contributed by atoms with Crippen LogP contribution in [0, 0.1) is 10.1 Å². The third kappa shape index (κ3) is 5.86. The molecule has 0 radical (unpaired) electrons. The molecule has 0 atom stereocenters. The summed E-state index contributed by atoms with van der Waals surface area (Å²) >= 11 is 13.2. The zero-order valence-corrected chi connectivity index (χ0v) is 22.4. The quantitative estimate of drug-likeness (QED) is 0.128. The lowest BCUT2D eigenvalue weighted by molar-refractivity contribution is -0.384. The average molecular weight is 638 g/mol. The number of rotatable bonds is 8. The van der Waals surface area contributed by atoms with Crippen molar-refractivity contribution in [2.75, 3.05) is 7.11 Å². The fourth-order valence-electron chi connectivity index (χ4n) is 3.23. The number of nitrogens with zero attached hydrogens (tertiary/aromatic N) is 2. The smallest absolute Gasteiger partial charge is 0.307 e. The summed E-state index contributed by atoms with van der Waals surface area (Å²) in [7, 11) is 1.46. The van der Waals surface area contributed by atoms with Crippen LogP contribution in [0.15, 0.2) is 73.1 Å². The monoisotopic (exact) mass is 635 g/mol. The van der Waals surface area contributed by atoms with Gasteiger partial charge in [0.2, 0.25) is 0 Å². The van der Waals surface area contributed by atoms with Crippen LogP contribution in [-0.4, -0.2) is 24.2 Å². The van der Waals surface area contributed by atoms with Gasteiger partial charge >= 0.3 is 5.91 Å². The van der Waals surface area contributed by atoms with Crippen LogP contribution in [0.3, 0.4) is 0 Å². The number of hydrazone groups is 1. The summed E-state index contributed by atoms with van der Waals surface area (Å²) in [6, 6.07) is 14.5. The van der Waals surface area contributed by atoms with Crippen molar-refractivity contribution >= 4 is 72.2 Å². The Balaban J connectivity index is 1.44. The van der Waals surface area contributed by atoms with E-state index >= 15 is 0 Å².